The second kappa shape index (κ2) is 6.33. The number of hydrogen-bond acceptors (Lipinski definition) is 2. The summed E-state index contributed by atoms with van der Waals surface area (Å²) in [6.45, 7) is 4.16. The molecule has 2 nitrogen and oxygen atoms in total. The van der Waals surface area contributed by atoms with Crippen LogP contribution in [0.1, 0.15) is 56.6 Å². The van der Waals surface area contributed by atoms with Gasteiger partial charge in [0.15, 0.2) is 0 Å². The molecule has 0 bridgehead atoms. The average molecular weight is 259 g/mol. The van der Waals surface area contributed by atoms with Gasteiger partial charge in [-0.1, -0.05) is 44.5 Å². The first-order chi connectivity index (χ1) is 9.13. The Hall–Kier alpha value is -1.15. The van der Waals surface area contributed by atoms with E-state index in [0.717, 1.165) is 19.3 Å². The predicted octanol–water partition coefficient (Wildman–Crippen LogP) is 3.44. The highest BCUT2D eigenvalue weighted by Gasteiger charge is 2.26. The normalized spacial score (nSPS) is 21.5. The Labute approximate surface area is 116 Å². The second-order valence-electron chi connectivity index (χ2n) is 5.87. The maximum absolute atomic E-state index is 12.3. The van der Waals surface area contributed by atoms with E-state index in [1.165, 1.54) is 17.5 Å². The van der Waals surface area contributed by atoms with Crippen LogP contribution in [-0.2, 0) is 11.2 Å². The molecule has 0 aromatic heterocycles. The maximum Gasteiger partial charge on any atom is 0.150 e. The zero-order valence-corrected chi connectivity index (χ0v) is 12.1. The number of carbonyl (C=O) groups excluding carboxylic acids is 1. The van der Waals surface area contributed by atoms with Crippen LogP contribution in [0.3, 0.4) is 0 Å². The molecule has 19 heavy (non-hydrogen) atoms. The first kappa shape index (κ1) is 14.3. The number of fused-ring (bicyclic) bond motifs is 1. The van der Waals surface area contributed by atoms with Gasteiger partial charge >= 0.3 is 0 Å². The predicted molar refractivity (Wildman–Crippen MR) is 79.2 cm³/mol. The van der Waals surface area contributed by atoms with Gasteiger partial charge in [0, 0.05) is 6.42 Å². The molecule has 0 saturated carbocycles. The van der Waals surface area contributed by atoms with E-state index in [1.54, 1.807) is 0 Å². The molecule has 0 saturated heterocycles. The Bertz CT molecular complexity index is 441. The minimum atomic E-state index is -0.293. The number of aryl methyl sites for hydroxylation is 1. The SMILES string of the molecule is CCC(C)C(N)C(=O)CC1CCCc2ccccc21. The van der Waals surface area contributed by atoms with Crippen molar-refractivity contribution >= 4 is 5.78 Å². The van der Waals surface area contributed by atoms with E-state index in [0.29, 0.717) is 12.3 Å². The fraction of sp³-hybridized carbons (Fsp3) is 0.588. The molecule has 0 fully saturated rings. The lowest BCUT2D eigenvalue weighted by atomic mass is 9.79. The summed E-state index contributed by atoms with van der Waals surface area (Å²) in [5, 5.41) is 0. The summed E-state index contributed by atoms with van der Waals surface area (Å²) in [5.74, 6) is 0.898. The minimum Gasteiger partial charge on any atom is -0.321 e. The van der Waals surface area contributed by atoms with Crippen LogP contribution in [0.15, 0.2) is 24.3 Å². The Morgan fingerprint density at radius 1 is 1.42 bits per heavy atom. The van der Waals surface area contributed by atoms with Crippen molar-refractivity contribution in [2.75, 3.05) is 0 Å². The Morgan fingerprint density at radius 3 is 2.89 bits per heavy atom. The summed E-state index contributed by atoms with van der Waals surface area (Å²) < 4.78 is 0. The van der Waals surface area contributed by atoms with E-state index in [1.807, 2.05) is 0 Å². The van der Waals surface area contributed by atoms with E-state index < -0.39 is 0 Å². The van der Waals surface area contributed by atoms with Crippen molar-refractivity contribution < 1.29 is 4.79 Å². The molecule has 2 N–H and O–H groups in total. The first-order valence-corrected chi connectivity index (χ1v) is 7.49. The van der Waals surface area contributed by atoms with Crippen LogP contribution in [0.25, 0.3) is 0 Å². The third-order valence-corrected chi connectivity index (χ3v) is 4.57. The van der Waals surface area contributed by atoms with Gasteiger partial charge in [-0.05, 0) is 42.2 Å². The first-order valence-electron chi connectivity index (χ1n) is 7.49. The monoisotopic (exact) mass is 259 g/mol. The van der Waals surface area contributed by atoms with Crippen molar-refractivity contribution in [3.05, 3.63) is 35.4 Å². The van der Waals surface area contributed by atoms with Gasteiger partial charge in [0.25, 0.3) is 0 Å². The Kier molecular flexibility index (Phi) is 4.76. The molecule has 1 aliphatic carbocycles. The maximum atomic E-state index is 12.3. The molecular formula is C17H25NO. The van der Waals surface area contributed by atoms with E-state index >= 15 is 0 Å². The molecule has 1 aliphatic rings. The van der Waals surface area contributed by atoms with E-state index in [-0.39, 0.29) is 17.7 Å². The number of Topliss-reactive ketones (excluding diaryl/α,β-unsaturated/α-hetero) is 1. The molecule has 0 radical (unpaired) electrons. The fourth-order valence-corrected chi connectivity index (χ4v) is 3.02. The molecule has 104 valence electrons. The van der Waals surface area contributed by atoms with Crippen molar-refractivity contribution in [2.24, 2.45) is 11.7 Å². The zero-order chi connectivity index (χ0) is 13.8. The molecule has 3 atom stereocenters. The van der Waals surface area contributed by atoms with Gasteiger partial charge in [0.2, 0.25) is 0 Å². The van der Waals surface area contributed by atoms with Gasteiger partial charge in [0.1, 0.15) is 5.78 Å². The largest absolute Gasteiger partial charge is 0.321 e. The lowest BCUT2D eigenvalue weighted by molar-refractivity contribution is -0.121. The molecule has 0 aliphatic heterocycles. The fourth-order valence-electron chi connectivity index (χ4n) is 3.02. The quantitative estimate of drug-likeness (QED) is 0.880. The number of benzene rings is 1. The van der Waals surface area contributed by atoms with E-state index in [9.17, 15) is 4.79 Å². The summed E-state index contributed by atoms with van der Waals surface area (Å²) in [5.41, 5.74) is 8.85. The number of carbonyl (C=O) groups is 1. The lowest BCUT2D eigenvalue weighted by Gasteiger charge is -2.26. The Morgan fingerprint density at radius 2 is 2.16 bits per heavy atom. The molecule has 0 amide bonds. The van der Waals surface area contributed by atoms with Crippen molar-refractivity contribution in [1.29, 1.82) is 0 Å². The van der Waals surface area contributed by atoms with Crippen LogP contribution in [-0.4, -0.2) is 11.8 Å². The standard InChI is InChI=1S/C17H25NO/c1-3-12(2)17(18)16(19)11-14-9-6-8-13-7-4-5-10-15(13)14/h4-5,7,10,12,14,17H,3,6,8-9,11,18H2,1-2H3. The van der Waals surface area contributed by atoms with Crippen LogP contribution in [0, 0.1) is 5.92 Å². The Balaban J connectivity index is 2.06. The molecular weight excluding hydrogens is 234 g/mol. The van der Waals surface area contributed by atoms with Crippen LogP contribution in [0.5, 0.6) is 0 Å². The second-order valence-corrected chi connectivity index (χ2v) is 5.87. The van der Waals surface area contributed by atoms with Crippen LogP contribution in [0.4, 0.5) is 0 Å². The van der Waals surface area contributed by atoms with Gasteiger partial charge in [-0.25, -0.2) is 0 Å². The third-order valence-electron chi connectivity index (χ3n) is 4.57. The number of hydrogen-bond donors (Lipinski definition) is 1. The zero-order valence-electron chi connectivity index (χ0n) is 12.1. The van der Waals surface area contributed by atoms with Crippen LogP contribution >= 0.6 is 0 Å². The smallest absolute Gasteiger partial charge is 0.150 e. The number of nitrogens with two attached hydrogens (primary N) is 1. The summed E-state index contributed by atoms with van der Waals surface area (Å²) in [6.07, 6.45) is 5.04. The van der Waals surface area contributed by atoms with Crippen LogP contribution < -0.4 is 5.73 Å². The molecule has 2 rings (SSSR count). The van der Waals surface area contributed by atoms with Gasteiger partial charge in [-0.15, -0.1) is 0 Å². The van der Waals surface area contributed by atoms with Gasteiger partial charge in [-0.2, -0.15) is 0 Å². The van der Waals surface area contributed by atoms with Gasteiger partial charge in [-0.3, -0.25) is 4.79 Å². The summed E-state index contributed by atoms with van der Waals surface area (Å²) >= 11 is 0. The summed E-state index contributed by atoms with van der Waals surface area (Å²) in [7, 11) is 0. The van der Waals surface area contributed by atoms with E-state index in [2.05, 4.69) is 38.1 Å². The molecule has 3 unspecified atom stereocenters. The van der Waals surface area contributed by atoms with Gasteiger partial charge in [0.05, 0.1) is 6.04 Å². The highest BCUT2D eigenvalue weighted by atomic mass is 16.1. The minimum absolute atomic E-state index is 0.232. The molecule has 2 heteroatoms. The van der Waals surface area contributed by atoms with Crippen molar-refractivity contribution in [3.8, 4) is 0 Å². The highest BCUT2D eigenvalue weighted by molar-refractivity contribution is 5.84. The highest BCUT2D eigenvalue weighted by Crippen LogP contribution is 2.34. The van der Waals surface area contributed by atoms with Crippen molar-refractivity contribution in [3.63, 3.8) is 0 Å². The molecule has 0 heterocycles. The molecule has 1 aromatic carbocycles. The third kappa shape index (κ3) is 3.24. The average Bonchev–Trinajstić information content (AvgIpc) is 2.46. The number of ketones is 1. The molecule has 1 aromatic rings. The van der Waals surface area contributed by atoms with Crippen molar-refractivity contribution in [2.45, 2.75) is 57.9 Å². The van der Waals surface area contributed by atoms with Crippen LogP contribution in [0.2, 0.25) is 0 Å². The summed E-state index contributed by atoms with van der Waals surface area (Å²) in [6, 6.07) is 8.26. The lowest BCUT2D eigenvalue weighted by Crippen LogP contribution is -2.37. The molecule has 0 spiro atoms. The van der Waals surface area contributed by atoms with E-state index in [4.69, 9.17) is 5.73 Å². The topological polar surface area (TPSA) is 43.1 Å². The number of rotatable bonds is 5. The van der Waals surface area contributed by atoms with Gasteiger partial charge < -0.3 is 5.73 Å². The summed E-state index contributed by atoms with van der Waals surface area (Å²) in [4.78, 5) is 12.3. The van der Waals surface area contributed by atoms with Crippen molar-refractivity contribution in [1.82, 2.24) is 0 Å².